The molecule has 0 spiro atoms. The molecule has 0 amide bonds. The van der Waals surface area contributed by atoms with Gasteiger partial charge < -0.3 is 10.6 Å². The van der Waals surface area contributed by atoms with Crippen LogP contribution in [0.15, 0.2) is 36.7 Å². The molecule has 0 fully saturated rings. The Labute approximate surface area is 114 Å². The number of hydrogen-bond acceptors (Lipinski definition) is 3. The fourth-order valence-corrected chi connectivity index (χ4v) is 2.09. The summed E-state index contributed by atoms with van der Waals surface area (Å²) in [6.07, 6.45) is 4.00. The molecular weight excluding hydrogens is 236 g/mol. The van der Waals surface area contributed by atoms with E-state index in [0.29, 0.717) is 0 Å². The highest BCUT2D eigenvalue weighted by atomic mass is 15.3. The lowest BCUT2D eigenvalue weighted by molar-refractivity contribution is 0.285. The van der Waals surface area contributed by atoms with Crippen LogP contribution in [0.3, 0.4) is 0 Å². The Morgan fingerprint density at radius 3 is 2.42 bits per heavy atom. The van der Waals surface area contributed by atoms with E-state index >= 15 is 0 Å². The predicted octanol–water partition coefficient (Wildman–Crippen LogP) is 2.47. The van der Waals surface area contributed by atoms with Crippen LogP contribution in [-0.4, -0.2) is 34.3 Å². The molecule has 0 aliphatic carbocycles. The summed E-state index contributed by atoms with van der Waals surface area (Å²) in [5.41, 5.74) is 8.78. The molecule has 0 saturated carbocycles. The minimum absolute atomic E-state index is 0.790. The molecule has 4 nitrogen and oxygen atoms in total. The Hall–Kier alpha value is -1.81. The van der Waals surface area contributed by atoms with E-state index in [9.17, 15) is 0 Å². The first-order valence-corrected chi connectivity index (χ1v) is 6.83. The maximum Gasteiger partial charge on any atom is 0.0568 e. The van der Waals surface area contributed by atoms with Crippen LogP contribution in [0.25, 0.3) is 11.1 Å². The monoisotopic (exact) mass is 258 g/mol. The van der Waals surface area contributed by atoms with Gasteiger partial charge >= 0.3 is 0 Å². The van der Waals surface area contributed by atoms with E-state index in [-0.39, 0.29) is 0 Å². The molecule has 0 radical (unpaired) electrons. The van der Waals surface area contributed by atoms with Gasteiger partial charge in [0.25, 0.3) is 0 Å². The van der Waals surface area contributed by atoms with Crippen LogP contribution in [0.5, 0.6) is 0 Å². The first-order chi connectivity index (χ1) is 9.22. The maximum absolute atomic E-state index is 5.70. The molecule has 0 saturated heterocycles. The molecule has 0 unspecified atom stereocenters. The van der Waals surface area contributed by atoms with Crippen molar-refractivity contribution < 1.29 is 0 Å². The van der Waals surface area contributed by atoms with Crippen molar-refractivity contribution in [3.05, 3.63) is 36.7 Å². The van der Waals surface area contributed by atoms with Gasteiger partial charge in [0, 0.05) is 24.0 Å². The normalized spacial score (nSPS) is 11.1. The van der Waals surface area contributed by atoms with Crippen molar-refractivity contribution in [1.82, 2.24) is 14.7 Å². The van der Waals surface area contributed by atoms with Crippen LogP contribution in [0.2, 0.25) is 0 Å². The molecule has 0 aliphatic heterocycles. The zero-order valence-electron chi connectivity index (χ0n) is 11.7. The van der Waals surface area contributed by atoms with Gasteiger partial charge in [0.1, 0.15) is 0 Å². The van der Waals surface area contributed by atoms with Gasteiger partial charge in [-0.25, -0.2) is 0 Å². The Morgan fingerprint density at radius 2 is 1.79 bits per heavy atom. The van der Waals surface area contributed by atoms with E-state index in [2.05, 4.69) is 30.0 Å². The highest BCUT2D eigenvalue weighted by molar-refractivity contribution is 5.63. The average molecular weight is 258 g/mol. The summed E-state index contributed by atoms with van der Waals surface area (Å²) in [6.45, 7) is 8.51. The number of likely N-dealkylation sites (N-methyl/N-ethyl adjacent to an activating group) is 1. The van der Waals surface area contributed by atoms with Gasteiger partial charge in [-0.2, -0.15) is 5.10 Å². The number of nitrogen functional groups attached to an aromatic ring is 1. The van der Waals surface area contributed by atoms with Crippen molar-refractivity contribution in [3.63, 3.8) is 0 Å². The number of nitrogens with two attached hydrogens (primary N) is 1. The number of aromatic nitrogens is 2. The van der Waals surface area contributed by atoms with E-state index in [0.717, 1.165) is 43.0 Å². The Kier molecular flexibility index (Phi) is 4.58. The van der Waals surface area contributed by atoms with Gasteiger partial charge in [-0.15, -0.1) is 0 Å². The fourth-order valence-electron chi connectivity index (χ4n) is 2.09. The molecule has 0 bridgehead atoms. The van der Waals surface area contributed by atoms with E-state index < -0.39 is 0 Å². The molecule has 1 aromatic carbocycles. The Balaban J connectivity index is 2.01. The first-order valence-electron chi connectivity index (χ1n) is 6.83. The highest BCUT2D eigenvalue weighted by Crippen LogP contribution is 2.19. The van der Waals surface area contributed by atoms with Gasteiger partial charge in [-0.05, 0) is 30.8 Å². The summed E-state index contributed by atoms with van der Waals surface area (Å²) in [5, 5.41) is 4.41. The van der Waals surface area contributed by atoms with Crippen LogP contribution in [0.1, 0.15) is 13.8 Å². The molecular formula is C15H22N4. The zero-order chi connectivity index (χ0) is 13.7. The molecule has 2 N–H and O–H groups in total. The Bertz CT molecular complexity index is 497. The molecule has 1 aromatic heterocycles. The Morgan fingerprint density at radius 1 is 1.11 bits per heavy atom. The third-order valence-electron chi connectivity index (χ3n) is 3.42. The first kappa shape index (κ1) is 13.6. The van der Waals surface area contributed by atoms with Gasteiger partial charge in [0.15, 0.2) is 0 Å². The number of benzene rings is 1. The summed E-state index contributed by atoms with van der Waals surface area (Å²) in [5.74, 6) is 0. The van der Waals surface area contributed by atoms with Crippen LogP contribution in [0.4, 0.5) is 5.69 Å². The van der Waals surface area contributed by atoms with Crippen molar-refractivity contribution in [1.29, 1.82) is 0 Å². The zero-order valence-corrected chi connectivity index (χ0v) is 11.7. The standard InChI is InChI=1S/C15H22N4/c1-3-18(4-2)9-10-19-12-14(11-17-19)13-5-7-15(16)8-6-13/h5-8,11-12H,3-4,9-10,16H2,1-2H3. The van der Waals surface area contributed by atoms with Gasteiger partial charge in [0.2, 0.25) is 0 Å². The second-order valence-electron chi connectivity index (χ2n) is 4.64. The number of anilines is 1. The number of nitrogens with zero attached hydrogens (tertiary/aromatic N) is 3. The van der Waals surface area contributed by atoms with Crippen LogP contribution < -0.4 is 5.73 Å². The summed E-state index contributed by atoms with van der Waals surface area (Å²) < 4.78 is 2.00. The molecule has 0 atom stereocenters. The number of rotatable bonds is 6. The van der Waals surface area contributed by atoms with E-state index in [1.807, 2.05) is 35.1 Å². The maximum atomic E-state index is 5.70. The number of hydrogen-bond donors (Lipinski definition) is 1. The lowest BCUT2D eigenvalue weighted by atomic mass is 10.1. The molecule has 0 aliphatic rings. The molecule has 2 rings (SSSR count). The third-order valence-corrected chi connectivity index (χ3v) is 3.42. The highest BCUT2D eigenvalue weighted by Gasteiger charge is 2.03. The second kappa shape index (κ2) is 6.38. The lowest BCUT2D eigenvalue weighted by Gasteiger charge is -2.17. The minimum atomic E-state index is 0.790. The molecule has 19 heavy (non-hydrogen) atoms. The SMILES string of the molecule is CCN(CC)CCn1cc(-c2ccc(N)cc2)cn1. The largest absolute Gasteiger partial charge is 0.399 e. The molecule has 4 heteroatoms. The van der Waals surface area contributed by atoms with Crippen molar-refractivity contribution in [2.75, 3.05) is 25.4 Å². The molecule has 1 heterocycles. The summed E-state index contributed by atoms with van der Waals surface area (Å²) in [4.78, 5) is 2.39. The van der Waals surface area contributed by atoms with Gasteiger partial charge in [-0.1, -0.05) is 26.0 Å². The molecule has 102 valence electrons. The van der Waals surface area contributed by atoms with Crippen molar-refractivity contribution in [2.24, 2.45) is 0 Å². The minimum Gasteiger partial charge on any atom is -0.399 e. The smallest absolute Gasteiger partial charge is 0.0568 e. The average Bonchev–Trinajstić information content (AvgIpc) is 2.89. The van der Waals surface area contributed by atoms with E-state index in [4.69, 9.17) is 5.73 Å². The summed E-state index contributed by atoms with van der Waals surface area (Å²) >= 11 is 0. The quantitative estimate of drug-likeness (QED) is 0.810. The van der Waals surface area contributed by atoms with Gasteiger partial charge in [0.05, 0.1) is 12.7 Å². The topological polar surface area (TPSA) is 47.1 Å². The second-order valence-corrected chi connectivity index (χ2v) is 4.64. The fraction of sp³-hybridized carbons (Fsp3) is 0.400. The van der Waals surface area contributed by atoms with Crippen LogP contribution in [-0.2, 0) is 6.54 Å². The van der Waals surface area contributed by atoms with Crippen molar-refractivity contribution in [3.8, 4) is 11.1 Å². The summed E-state index contributed by atoms with van der Waals surface area (Å²) in [6, 6.07) is 7.90. The van der Waals surface area contributed by atoms with Gasteiger partial charge in [-0.3, -0.25) is 4.68 Å². The molecule has 2 aromatic rings. The van der Waals surface area contributed by atoms with Crippen LogP contribution >= 0.6 is 0 Å². The van der Waals surface area contributed by atoms with Crippen molar-refractivity contribution >= 4 is 5.69 Å². The van der Waals surface area contributed by atoms with Crippen LogP contribution in [0, 0.1) is 0 Å². The lowest BCUT2D eigenvalue weighted by Crippen LogP contribution is -2.27. The summed E-state index contributed by atoms with van der Waals surface area (Å²) in [7, 11) is 0. The van der Waals surface area contributed by atoms with E-state index in [1.165, 1.54) is 0 Å². The third kappa shape index (κ3) is 3.58. The van der Waals surface area contributed by atoms with Crippen molar-refractivity contribution in [2.45, 2.75) is 20.4 Å². The predicted molar refractivity (Wildman–Crippen MR) is 79.9 cm³/mol. The van der Waals surface area contributed by atoms with E-state index in [1.54, 1.807) is 0 Å².